The SMILES string of the molecule is Cc1cc(C)n(-c2ccc(C(=O)NCc3cccc(OC(F)F)c3)cc2)n1. The van der Waals surface area contributed by atoms with Gasteiger partial charge in [0, 0.05) is 17.8 Å². The summed E-state index contributed by atoms with van der Waals surface area (Å²) in [5.74, 6) is -0.193. The molecular weight excluding hydrogens is 352 g/mol. The molecule has 5 nitrogen and oxygen atoms in total. The Balaban J connectivity index is 1.64. The summed E-state index contributed by atoms with van der Waals surface area (Å²) in [5, 5.41) is 7.18. The molecule has 3 aromatic rings. The van der Waals surface area contributed by atoms with E-state index in [1.807, 2.05) is 36.7 Å². The molecule has 0 aliphatic heterocycles. The van der Waals surface area contributed by atoms with E-state index in [4.69, 9.17) is 0 Å². The lowest BCUT2D eigenvalue weighted by Gasteiger charge is -2.09. The van der Waals surface area contributed by atoms with E-state index in [0.717, 1.165) is 17.1 Å². The molecule has 27 heavy (non-hydrogen) atoms. The van der Waals surface area contributed by atoms with E-state index >= 15 is 0 Å². The average Bonchev–Trinajstić information content (AvgIpc) is 2.98. The van der Waals surface area contributed by atoms with Crippen molar-refractivity contribution in [3.05, 3.63) is 77.1 Å². The van der Waals surface area contributed by atoms with Crippen LogP contribution in [-0.2, 0) is 6.54 Å². The zero-order chi connectivity index (χ0) is 19.4. The fourth-order valence-corrected chi connectivity index (χ4v) is 2.76. The molecule has 2 aromatic carbocycles. The number of hydrogen-bond donors (Lipinski definition) is 1. The highest BCUT2D eigenvalue weighted by atomic mass is 19.3. The molecule has 0 aliphatic carbocycles. The number of amides is 1. The van der Waals surface area contributed by atoms with E-state index in [2.05, 4.69) is 15.2 Å². The second-order valence-corrected chi connectivity index (χ2v) is 6.09. The summed E-state index contributed by atoms with van der Waals surface area (Å²) in [5.41, 5.74) is 3.97. The van der Waals surface area contributed by atoms with Crippen LogP contribution >= 0.6 is 0 Å². The van der Waals surface area contributed by atoms with Crippen LogP contribution in [0.2, 0.25) is 0 Å². The Morgan fingerprint density at radius 2 is 1.89 bits per heavy atom. The molecule has 140 valence electrons. The van der Waals surface area contributed by atoms with Crippen molar-refractivity contribution in [1.29, 1.82) is 0 Å². The lowest BCUT2D eigenvalue weighted by molar-refractivity contribution is -0.0498. The number of nitrogens with one attached hydrogen (secondary N) is 1. The largest absolute Gasteiger partial charge is 0.435 e. The number of alkyl halides is 2. The molecule has 0 bridgehead atoms. The number of carbonyl (C=O) groups is 1. The highest BCUT2D eigenvalue weighted by Crippen LogP contribution is 2.16. The van der Waals surface area contributed by atoms with Crippen molar-refractivity contribution < 1.29 is 18.3 Å². The summed E-state index contributed by atoms with van der Waals surface area (Å²) >= 11 is 0. The fraction of sp³-hybridized carbons (Fsp3) is 0.200. The molecule has 3 rings (SSSR count). The minimum absolute atomic E-state index is 0.0611. The molecule has 7 heteroatoms. The van der Waals surface area contributed by atoms with Crippen molar-refractivity contribution in [3.8, 4) is 11.4 Å². The number of carbonyl (C=O) groups excluding carboxylic acids is 1. The highest BCUT2D eigenvalue weighted by molar-refractivity contribution is 5.94. The minimum Gasteiger partial charge on any atom is -0.435 e. The Kier molecular flexibility index (Phi) is 5.49. The van der Waals surface area contributed by atoms with Crippen LogP contribution in [0.3, 0.4) is 0 Å². The summed E-state index contributed by atoms with van der Waals surface area (Å²) in [4.78, 5) is 12.3. The van der Waals surface area contributed by atoms with E-state index in [-0.39, 0.29) is 18.2 Å². The van der Waals surface area contributed by atoms with E-state index in [1.54, 1.807) is 24.3 Å². The van der Waals surface area contributed by atoms with Gasteiger partial charge in [-0.15, -0.1) is 0 Å². The van der Waals surface area contributed by atoms with Gasteiger partial charge in [0.2, 0.25) is 0 Å². The predicted octanol–water partition coefficient (Wildman–Crippen LogP) is 4.02. The van der Waals surface area contributed by atoms with Gasteiger partial charge in [-0.05, 0) is 61.9 Å². The highest BCUT2D eigenvalue weighted by Gasteiger charge is 2.09. The topological polar surface area (TPSA) is 56.2 Å². The molecule has 1 aromatic heterocycles. The summed E-state index contributed by atoms with van der Waals surface area (Å²) in [6.07, 6.45) is 0. The third-order valence-electron chi connectivity index (χ3n) is 3.96. The first kappa shape index (κ1) is 18.6. The number of hydrogen-bond acceptors (Lipinski definition) is 3. The Bertz CT molecular complexity index is 937. The molecule has 0 saturated carbocycles. The molecule has 0 spiro atoms. The number of halogens is 2. The van der Waals surface area contributed by atoms with Gasteiger partial charge in [0.1, 0.15) is 5.75 Å². The van der Waals surface area contributed by atoms with Gasteiger partial charge in [-0.2, -0.15) is 13.9 Å². The molecule has 0 saturated heterocycles. The number of rotatable bonds is 6. The Morgan fingerprint density at radius 1 is 1.15 bits per heavy atom. The van der Waals surface area contributed by atoms with Crippen LogP contribution < -0.4 is 10.1 Å². The minimum atomic E-state index is -2.88. The Labute approximate surface area is 155 Å². The monoisotopic (exact) mass is 371 g/mol. The standard InChI is InChI=1S/C20H19F2N3O2/c1-13-10-14(2)25(24-13)17-8-6-16(7-9-17)19(26)23-12-15-4-3-5-18(11-15)27-20(21)22/h3-11,20H,12H2,1-2H3,(H,23,26). The second-order valence-electron chi connectivity index (χ2n) is 6.09. The van der Waals surface area contributed by atoms with Crippen molar-refractivity contribution in [2.24, 2.45) is 0 Å². The van der Waals surface area contributed by atoms with Gasteiger partial charge in [0.05, 0.1) is 11.4 Å². The van der Waals surface area contributed by atoms with Gasteiger partial charge in [0.15, 0.2) is 0 Å². The first-order valence-corrected chi connectivity index (χ1v) is 8.38. The van der Waals surface area contributed by atoms with Crippen LogP contribution in [0.25, 0.3) is 5.69 Å². The first-order valence-electron chi connectivity index (χ1n) is 8.38. The van der Waals surface area contributed by atoms with Crippen molar-refractivity contribution in [1.82, 2.24) is 15.1 Å². The summed E-state index contributed by atoms with van der Waals surface area (Å²) < 4.78 is 30.7. The van der Waals surface area contributed by atoms with Gasteiger partial charge in [0.25, 0.3) is 5.91 Å². The third kappa shape index (κ3) is 4.69. The van der Waals surface area contributed by atoms with Crippen LogP contribution in [0.5, 0.6) is 5.75 Å². The summed E-state index contributed by atoms with van der Waals surface area (Å²) in [6, 6.07) is 15.3. The van der Waals surface area contributed by atoms with Crippen LogP contribution in [0, 0.1) is 13.8 Å². The maximum Gasteiger partial charge on any atom is 0.387 e. The van der Waals surface area contributed by atoms with Gasteiger partial charge in [-0.3, -0.25) is 4.79 Å². The number of aromatic nitrogens is 2. The Morgan fingerprint density at radius 3 is 2.52 bits per heavy atom. The molecule has 0 fully saturated rings. The zero-order valence-electron chi connectivity index (χ0n) is 14.9. The Hall–Kier alpha value is -3.22. The number of ether oxygens (including phenoxy) is 1. The molecule has 1 amide bonds. The van der Waals surface area contributed by atoms with E-state index < -0.39 is 6.61 Å². The van der Waals surface area contributed by atoms with Crippen molar-refractivity contribution in [3.63, 3.8) is 0 Å². The van der Waals surface area contributed by atoms with Crippen molar-refractivity contribution in [2.45, 2.75) is 27.0 Å². The molecule has 0 atom stereocenters. The van der Waals surface area contributed by atoms with Gasteiger partial charge < -0.3 is 10.1 Å². The third-order valence-corrected chi connectivity index (χ3v) is 3.96. The number of aryl methyl sites for hydroxylation is 2. The summed E-state index contributed by atoms with van der Waals surface area (Å²) in [7, 11) is 0. The van der Waals surface area contributed by atoms with Crippen LogP contribution in [-0.4, -0.2) is 22.3 Å². The molecule has 1 heterocycles. The summed E-state index contributed by atoms with van der Waals surface area (Å²) in [6.45, 7) is 1.22. The second kappa shape index (κ2) is 7.99. The van der Waals surface area contributed by atoms with E-state index in [1.165, 1.54) is 12.1 Å². The van der Waals surface area contributed by atoms with Gasteiger partial charge in [-0.25, -0.2) is 4.68 Å². The molecule has 0 radical (unpaired) electrons. The average molecular weight is 371 g/mol. The van der Waals surface area contributed by atoms with E-state index in [0.29, 0.717) is 11.1 Å². The number of benzene rings is 2. The normalized spacial score (nSPS) is 10.9. The van der Waals surface area contributed by atoms with Crippen LogP contribution in [0.15, 0.2) is 54.6 Å². The maximum atomic E-state index is 12.3. The molecule has 1 N–H and O–H groups in total. The van der Waals surface area contributed by atoms with Crippen molar-refractivity contribution >= 4 is 5.91 Å². The molecule has 0 unspecified atom stereocenters. The maximum absolute atomic E-state index is 12.3. The van der Waals surface area contributed by atoms with E-state index in [9.17, 15) is 13.6 Å². The van der Waals surface area contributed by atoms with Crippen molar-refractivity contribution in [2.75, 3.05) is 0 Å². The lowest BCUT2D eigenvalue weighted by atomic mass is 10.1. The lowest BCUT2D eigenvalue weighted by Crippen LogP contribution is -2.22. The van der Waals surface area contributed by atoms with Gasteiger partial charge >= 0.3 is 6.61 Å². The molecule has 0 aliphatic rings. The fourth-order valence-electron chi connectivity index (χ4n) is 2.76. The van der Waals surface area contributed by atoms with Gasteiger partial charge in [-0.1, -0.05) is 12.1 Å². The first-order chi connectivity index (χ1) is 12.9. The van der Waals surface area contributed by atoms with Crippen LogP contribution in [0.4, 0.5) is 8.78 Å². The van der Waals surface area contributed by atoms with Crippen LogP contribution in [0.1, 0.15) is 27.3 Å². The number of nitrogens with zero attached hydrogens (tertiary/aromatic N) is 2. The predicted molar refractivity (Wildman–Crippen MR) is 97.3 cm³/mol. The zero-order valence-corrected chi connectivity index (χ0v) is 14.9. The molecular formula is C20H19F2N3O2. The smallest absolute Gasteiger partial charge is 0.387 e. The quantitative estimate of drug-likeness (QED) is 0.712.